The number of alkyl halides is 1. The fourth-order valence-corrected chi connectivity index (χ4v) is 3.93. The van der Waals surface area contributed by atoms with Gasteiger partial charge in [-0.1, -0.05) is 0 Å². The standard InChI is InChI=1S/C20H20F2N6O2/c1-11-5-17-15(18-19(29)26(2)8-13(21)9-28(18)25-17)10-27(11)20(30)24-14-3-4-16(22)12(6-14)7-23/h3-4,6,11,13H,5,8-10H2,1-2H3,(H,24,30)/t11-,13?/m1/s1. The van der Waals surface area contributed by atoms with Gasteiger partial charge >= 0.3 is 6.03 Å². The number of fused-ring (bicyclic) bond motifs is 3. The van der Waals surface area contributed by atoms with Crippen LogP contribution < -0.4 is 5.32 Å². The molecule has 0 fully saturated rings. The number of amides is 3. The molecule has 0 spiro atoms. The maximum atomic E-state index is 14.1. The molecule has 0 aliphatic carbocycles. The van der Waals surface area contributed by atoms with Crippen LogP contribution >= 0.6 is 0 Å². The van der Waals surface area contributed by atoms with Gasteiger partial charge in [0.05, 0.1) is 30.9 Å². The zero-order valence-electron chi connectivity index (χ0n) is 16.5. The molecule has 0 saturated carbocycles. The van der Waals surface area contributed by atoms with Crippen molar-refractivity contribution in [1.82, 2.24) is 19.6 Å². The van der Waals surface area contributed by atoms with Crippen LogP contribution in [0.4, 0.5) is 19.3 Å². The van der Waals surface area contributed by atoms with Crippen LogP contribution in [0.1, 0.15) is 34.2 Å². The van der Waals surface area contributed by atoms with Crippen LogP contribution in [0.3, 0.4) is 0 Å². The lowest BCUT2D eigenvalue weighted by Crippen LogP contribution is -2.45. The molecule has 2 aliphatic rings. The number of nitrogens with one attached hydrogen (secondary N) is 1. The van der Waals surface area contributed by atoms with Crippen molar-refractivity contribution in [3.05, 3.63) is 46.5 Å². The molecule has 3 amide bonds. The Balaban J connectivity index is 1.61. The van der Waals surface area contributed by atoms with Gasteiger partial charge in [0.1, 0.15) is 23.8 Å². The number of benzene rings is 1. The number of halogens is 2. The third kappa shape index (κ3) is 3.36. The number of nitrogens with zero attached hydrogens (tertiary/aromatic N) is 5. The molecule has 4 rings (SSSR count). The van der Waals surface area contributed by atoms with Crippen molar-refractivity contribution in [2.45, 2.75) is 38.6 Å². The van der Waals surface area contributed by atoms with Gasteiger partial charge in [-0.2, -0.15) is 10.4 Å². The highest BCUT2D eigenvalue weighted by Crippen LogP contribution is 2.29. The van der Waals surface area contributed by atoms with Crippen LogP contribution in [0.5, 0.6) is 0 Å². The predicted octanol–water partition coefficient (Wildman–Crippen LogP) is 2.30. The van der Waals surface area contributed by atoms with Crippen molar-refractivity contribution in [2.75, 3.05) is 18.9 Å². The van der Waals surface area contributed by atoms with Crippen molar-refractivity contribution < 1.29 is 18.4 Å². The predicted molar refractivity (Wildman–Crippen MR) is 103 cm³/mol. The van der Waals surface area contributed by atoms with E-state index in [2.05, 4.69) is 10.4 Å². The minimum Gasteiger partial charge on any atom is -0.337 e. The first-order valence-electron chi connectivity index (χ1n) is 9.53. The number of aromatic nitrogens is 2. The number of hydrogen-bond donors (Lipinski definition) is 1. The maximum Gasteiger partial charge on any atom is 0.322 e. The van der Waals surface area contributed by atoms with E-state index in [1.54, 1.807) is 18.0 Å². The zero-order chi connectivity index (χ0) is 21.6. The van der Waals surface area contributed by atoms with E-state index in [0.29, 0.717) is 29.1 Å². The molecule has 30 heavy (non-hydrogen) atoms. The van der Waals surface area contributed by atoms with Crippen LogP contribution in [-0.4, -0.2) is 57.3 Å². The minimum atomic E-state index is -1.22. The van der Waals surface area contributed by atoms with Crippen molar-refractivity contribution in [3.8, 4) is 6.07 Å². The minimum absolute atomic E-state index is 0.00843. The van der Waals surface area contributed by atoms with E-state index in [9.17, 15) is 18.4 Å². The molecule has 1 aromatic carbocycles. The molecule has 2 atom stereocenters. The topological polar surface area (TPSA) is 94.3 Å². The Labute approximate surface area is 171 Å². The highest BCUT2D eigenvalue weighted by molar-refractivity contribution is 5.95. The SMILES string of the molecule is C[C@@H]1Cc2nn3c(c2CN1C(=O)Nc1ccc(F)c(C#N)c1)C(=O)N(C)CC(F)C3. The quantitative estimate of drug-likeness (QED) is 0.775. The number of nitriles is 1. The summed E-state index contributed by atoms with van der Waals surface area (Å²) in [5.41, 5.74) is 1.74. The molecule has 10 heteroatoms. The Morgan fingerprint density at radius 1 is 1.37 bits per heavy atom. The Kier molecular flexibility index (Phi) is 4.89. The molecule has 0 bridgehead atoms. The van der Waals surface area contributed by atoms with Crippen molar-refractivity contribution >= 4 is 17.6 Å². The smallest absolute Gasteiger partial charge is 0.322 e. The van der Waals surface area contributed by atoms with Gasteiger partial charge in [0.2, 0.25) is 0 Å². The van der Waals surface area contributed by atoms with Gasteiger partial charge in [-0.15, -0.1) is 0 Å². The molecular weight excluding hydrogens is 394 g/mol. The molecule has 1 unspecified atom stereocenters. The summed E-state index contributed by atoms with van der Waals surface area (Å²) >= 11 is 0. The fourth-order valence-electron chi connectivity index (χ4n) is 3.93. The van der Waals surface area contributed by atoms with E-state index in [-0.39, 0.29) is 37.1 Å². The number of urea groups is 1. The molecule has 0 radical (unpaired) electrons. The van der Waals surface area contributed by atoms with Crippen molar-refractivity contribution in [3.63, 3.8) is 0 Å². The zero-order valence-corrected chi connectivity index (χ0v) is 16.5. The Hall–Kier alpha value is -3.48. The largest absolute Gasteiger partial charge is 0.337 e. The summed E-state index contributed by atoms with van der Waals surface area (Å²) in [5.74, 6) is -0.987. The van der Waals surface area contributed by atoms with E-state index in [1.165, 1.54) is 21.7 Å². The second-order valence-corrected chi connectivity index (χ2v) is 7.66. The fraction of sp³-hybridized carbons (Fsp3) is 0.400. The van der Waals surface area contributed by atoms with Gasteiger partial charge in [-0.25, -0.2) is 13.6 Å². The summed E-state index contributed by atoms with van der Waals surface area (Å²) in [6, 6.07) is 4.83. The highest BCUT2D eigenvalue weighted by atomic mass is 19.1. The molecule has 2 aromatic rings. The third-order valence-electron chi connectivity index (χ3n) is 5.47. The molecule has 1 aromatic heterocycles. The molecule has 8 nitrogen and oxygen atoms in total. The van der Waals surface area contributed by atoms with Crippen LogP contribution in [0.25, 0.3) is 0 Å². The molecular formula is C20H20F2N6O2. The summed E-state index contributed by atoms with van der Waals surface area (Å²) in [4.78, 5) is 28.5. The van der Waals surface area contributed by atoms with Crippen LogP contribution in [-0.2, 0) is 19.5 Å². The molecule has 0 saturated heterocycles. The van der Waals surface area contributed by atoms with Gasteiger partial charge in [0.25, 0.3) is 5.91 Å². The lowest BCUT2D eigenvalue weighted by molar-refractivity contribution is 0.0766. The lowest BCUT2D eigenvalue weighted by atomic mass is 9.99. The second kappa shape index (κ2) is 7.40. The number of hydrogen-bond acceptors (Lipinski definition) is 4. The van der Waals surface area contributed by atoms with Crippen LogP contribution in [0.2, 0.25) is 0 Å². The van der Waals surface area contributed by atoms with E-state index >= 15 is 0 Å². The summed E-state index contributed by atoms with van der Waals surface area (Å²) in [6.07, 6.45) is -0.796. The monoisotopic (exact) mass is 414 g/mol. The Bertz CT molecular complexity index is 1080. The van der Waals surface area contributed by atoms with Crippen molar-refractivity contribution in [1.29, 1.82) is 5.26 Å². The normalized spacial score (nSPS) is 20.8. The number of rotatable bonds is 1. The first-order chi connectivity index (χ1) is 14.3. The van der Waals surface area contributed by atoms with Gasteiger partial charge in [-0.05, 0) is 25.1 Å². The Morgan fingerprint density at radius 3 is 2.87 bits per heavy atom. The molecule has 1 N–H and O–H groups in total. The van der Waals surface area contributed by atoms with Gasteiger partial charge in [-0.3, -0.25) is 9.48 Å². The molecule has 156 valence electrons. The second-order valence-electron chi connectivity index (χ2n) is 7.66. The van der Waals surface area contributed by atoms with Gasteiger partial charge < -0.3 is 15.1 Å². The van der Waals surface area contributed by atoms with Crippen LogP contribution in [0, 0.1) is 17.1 Å². The third-order valence-corrected chi connectivity index (χ3v) is 5.47. The van der Waals surface area contributed by atoms with Crippen molar-refractivity contribution in [2.24, 2.45) is 0 Å². The van der Waals surface area contributed by atoms with E-state index in [0.717, 1.165) is 6.07 Å². The average molecular weight is 414 g/mol. The average Bonchev–Trinajstić information content (AvgIpc) is 2.98. The number of carbonyl (C=O) groups is 2. The summed E-state index contributed by atoms with van der Waals surface area (Å²) in [7, 11) is 1.54. The van der Waals surface area contributed by atoms with Crippen LogP contribution in [0.15, 0.2) is 18.2 Å². The van der Waals surface area contributed by atoms with E-state index in [4.69, 9.17) is 5.26 Å². The first kappa shape index (κ1) is 19.8. The van der Waals surface area contributed by atoms with E-state index in [1.807, 2.05) is 6.92 Å². The maximum absolute atomic E-state index is 14.1. The molecule has 2 aliphatic heterocycles. The lowest BCUT2D eigenvalue weighted by Gasteiger charge is -2.33. The summed E-state index contributed by atoms with van der Waals surface area (Å²) in [6.45, 7) is 1.97. The molecule has 3 heterocycles. The summed E-state index contributed by atoms with van der Waals surface area (Å²) in [5, 5.41) is 16.1. The Morgan fingerprint density at radius 2 is 2.13 bits per heavy atom. The first-order valence-corrected chi connectivity index (χ1v) is 9.53. The summed E-state index contributed by atoms with van der Waals surface area (Å²) < 4.78 is 29.1. The van der Waals surface area contributed by atoms with E-state index < -0.39 is 18.0 Å². The highest BCUT2D eigenvalue weighted by Gasteiger charge is 2.37. The number of anilines is 1. The number of carbonyl (C=O) groups excluding carboxylic acids is 2. The van der Waals surface area contributed by atoms with Gasteiger partial charge in [0.15, 0.2) is 0 Å². The van der Waals surface area contributed by atoms with Gasteiger partial charge in [0, 0.05) is 30.8 Å².